The fraction of sp³-hybridized carbons (Fsp3) is 0.500. The molecule has 102 valence electrons. The molecule has 0 radical (unpaired) electrons. The molecule has 0 spiro atoms. The first-order valence-electron chi connectivity index (χ1n) is 5.87. The first-order chi connectivity index (χ1) is 8.49. The van der Waals surface area contributed by atoms with Gasteiger partial charge >= 0.3 is 0 Å². The Morgan fingerprint density at radius 2 is 1.94 bits per heavy atom. The molecule has 0 amide bonds. The largest absolute Gasteiger partial charge is 0.396 e. The third-order valence-corrected chi connectivity index (χ3v) is 5.09. The Morgan fingerprint density at radius 1 is 1.33 bits per heavy atom. The molecule has 18 heavy (non-hydrogen) atoms. The van der Waals surface area contributed by atoms with Crippen LogP contribution in [0.5, 0.6) is 0 Å². The van der Waals surface area contributed by atoms with E-state index in [0.29, 0.717) is 11.8 Å². The maximum absolute atomic E-state index is 11.7. The van der Waals surface area contributed by atoms with Crippen LogP contribution in [0.25, 0.3) is 0 Å². The topological polar surface area (TPSA) is 66.4 Å². The summed E-state index contributed by atoms with van der Waals surface area (Å²) in [6.45, 7) is 4.33. The summed E-state index contributed by atoms with van der Waals surface area (Å²) < 4.78 is 25.9. The van der Waals surface area contributed by atoms with E-state index in [1.165, 1.54) is 0 Å². The molecule has 6 heteroatoms. The molecule has 0 saturated carbocycles. The number of hydrogen-bond donors (Lipinski definition) is 2. The van der Waals surface area contributed by atoms with Gasteiger partial charge in [0.15, 0.2) is 0 Å². The molecule has 0 heterocycles. The van der Waals surface area contributed by atoms with Crippen LogP contribution in [-0.2, 0) is 10.0 Å². The van der Waals surface area contributed by atoms with Crippen LogP contribution in [0.4, 0.5) is 0 Å². The zero-order valence-corrected chi connectivity index (χ0v) is 12.2. The Kier molecular flexibility index (Phi) is 6.14. The summed E-state index contributed by atoms with van der Waals surface area (Å²) >= 11 is 1.63. The highest BCUT2D eigenvalue weighted by Crippen LogP contribution is 2.25. The second-order valence-corrected chi connectivity index (χ2v) is 7.19. The number of sulfonamides is 1. The summed E-state index contributed by atoms with van der Waals surface area (Å²) in [7, 11) is -3.37. The molecule has 1 atom stereocenters. The van der Waals surface area contributed by atoms with E-state index in [2.05, 4.69) is 4.72 Å². The minimum Gasteiger partial charge on any atom is -0.396 e. The van der Waals surface area contributed by atoms with Gasteiger partial charge in [-0.2, -0.15) is 0 Å². The van der Waals surface area contributed by atoms with E-state index in [9.17, 15) is 8.42 Å². The molecule has 2 N–H and O–H groups in total. The number of benzene rings is 1. The zero-order valence-electron chi connectivity index (χ0n) is 10.6. The molecule has 0 aliphatic heterocycles. The van der Waals surface area contributed by atoms with Gasteiger partial charge in [0.25, 0.3) is 0 Å². The molecule has 0 bridgehead atoms. The number of rotatable bonds is 7. The van der Waals surface area contributed by atoms with Crippen molar-refractivity contribution in [2.24, 2.45) is 0 Å². The number of aliphatic hydroxyl groups is 1. The van der Waals surface area contributed by atoms with Crippen molar-refractivity contribution in [3.05, 3.63) is 24.3 Å². The third kappa shape index (κ3) is 4.61. The standard InChI is InChI=1S/C12H19NO3S2/c1-3-13-18(15,16)12-6-4-11(5-7-12)17-10(2)8-9-14/h4-7,10,13-14H,3,8-9H2,1-2H3. The SMILES string of the molecule is CCNS(=O)(=O)c1ccc(SC(C)CCO)cc1. The summed E-state index contributed by atoms with van der Waals surface area (Å²) in [5.41, 5.74) is 0. The smallest absolute Gasteiger partial charge is 0.240 e. The van der Waals surface area contributed by atoms with Gasteiger partial charge in [-0.25, -0.2) is 13.1 Å². The number of nitrogens with one attached hydrogen (secondary N) is 1. The van der Waals surface area contributed by atoms with Crippen molar-refractivity contribution in [3.8, 4) is 0 Å². The molecule has 0 aliphatic carbocycles. The average Bonchev–Trinajstić information content (AvgIpc) is 2.30. The van der Waals surface area contributed by atoms with Crippen LogP contribution in [0.2, 0.25) is 0 Å². The van der Waals surface area contributed by atoms with Crippen LogP contribution >= 0.6 is 11.8 Å². The average molecular weight is 289 g/mol. The summed E-state index contributed by atoms with van der Waals surface area (Å²) in [5.74, 6) is 0. The Labute approximate surface area is 113 Å². The first kappa shape index (κ1) is 15.5. The van der Waals surface area contributed by atoms with Crippen molar-refractivity contribution in [1.82, 2.24) is 4.72 Å². The van der Waals surface area contributed by atoms with Gasteiger partial charge in [-0.05, 0) is 30.7 Å². The Morgan fingerprint density at radius 3 is 2.44 bits per heavy atom. The van der Waals surface area contributed by atoms with Gasteiger partial charge in [0.1, 0.15) is 0 Å². The third-order valence-electron chi connectivity index (χ3n) is 2.34. The van der Waals surface area contributed by atoms with E-state index in [1.54, 1.807) is 43.0 Å². The Bertz CT molecular complexity index is 457. The second kappa shape index (κ2) is 7.13. The van der Waals surface area contributed by atoms with Crippen molar-refractivity contribution in [2.45, 2.75) is 35.3 Å². The molecule has 1 aromatic rings. The lowest BCUT2D eigenvalue weighted by Gasteiger charge is -2.10. The molecule has 0 aliphatic rings. The van der Waals surface area contributed by atoms with Crippen molar-refractivity contribution < 1.29 is 13.5 Å². The lowest BCUT2D eigenvalue weighted by Crippen LogP contribution is -2.22. The van der Waals surface area contributed by atoms with Crippen LogP contribution in [0, 0.1) is 0 Å². The van der Waals surface area contributed by atoms with Crippen LogP contribution in [-0.4, -0.2) is 31.9 Å². The number of thioether (sulfide) groups is 1. The summed E-state index contributed by atoms with van der Waals surface area (Å²) in [6, 6.07) is 6.80. The fourth-order valence-corrected chi connectivity index (χ4v) is 3.47. The lowest BCUT2D eigenvalue weighted by molar-refractivity contribution is 0.289. The van der Waals surface area contributed by atoms with E-state index in [1.807, 2.05) is 6.92 Å². The van der Waals surface area contributed by atoms with Gasteiger partial charge in [-0.1, -0.05) is 13.8 Å². The molecule has 0 aromatic heterocycles. The summed E-state index contributed by atoms with van der Waals surface area (Å²) in [4.78, 5) is 1.29. The molecule has 1 aromatic carbocycles. The van der Waals surface area contributed by atoms with E-state index < -0.39 is 10.0 Å². The maximum Gasteiger partial charge on any atom is 0.240 e. The van der Waals surface area contributed by atoms with Gasteiger partial charge < -0.3 is 5.11 Å². The van der Waals surface area contributed by atoms with Gasteiger partial charge in [0.05, 0.1) is 4.90 Å². The zero-order chi connectivity index (χ0) is 13.6. The molecule has 0 saturated heterocycles. The molecular formula is C12H19NO3S2. The van der Waals surface area contributed by atoms with E-state index in [0.717, 1.165) is 11.3 Å². The summed E-state index contributed by atoms with van der Waals surface area (Å²) in [5, 5.41) is 9.13. The van der Waals surface area contributed by atoms with Gasteiger partial charge in [0.2, 0.25) is 10.0 Å². The van der Waals surface area contributed by atoms with Crippen LogP contribution in [0.3, 0.4) is 0 Å². The highest BCUT2D eigenvalue weighted by atomic mass is 32.2. The highest BCUT2D eigenvalue weighted by Gasteiger charge is 2.12. The van der Waals surface area contributed by atoms with E-state index >= 15 is 0 Å². The molecule has 4 nitrogen and oxygen atoms in total. The minimum absolute atomic E-state index is 0.168. The van der Waals surface area contributed by atoms with Crippen molar-refractivity contribution >= 4 is 21.8 Å². The predicted octanol–water partition coefficient (Wildman–Crippen LogP) is 1.85. The summed E-state index contributed by atoms with van der Waals surface area (Å²) in [6.07, 6.45) is 0.724. The van der Waals surface area contributed by atoms with Gasteiger partial charge in [0, 0.05) is 23.3 Å². The minimum atomic E-state index is -3.37. The fourth-order valence-electron chi connectivity index (χ4n) is 1.44. The van der Waals surface area contributed by atoms with Crippen molar-refractivity contribution in [3.63, 3.8) is 0 Å². The van der Waals surface area contributed by atoms with Crippen LogP contribution in [0.15, 0.2) is 34.1 Å². The Balaban J connectivity index is 2.74. The molecular weight excluding hydrogens is 270 g/mol. The van der Waals surface area contributed by atoms with E-state index in [-0.39, 0.29) is 11.5 Å². The lowest BCUT2D eigenvalue weighted by atomic mass is 10.3. The van der Waals surface area contributed by atoms with E-state index in [4.69, 9.17) is 5.11 Å². The van der Waals surface area contributed by atoms with Crippen molar-refractivity contribution in [2.75, 3.05) is 13.2 Å². The second-order valence-electron chi connectivity index (χ2n) is 3.91. The van der Waals surface area contributed by atoms with Gasteiger partial charge in [-0.3, -0.25) is 0 Å². The predicted molar refractivity (Wildman–Crippen MR) is 74.3 cm³/mol. The molecule has 0 fully saturated rings. The Hall–Kier alpha value is -0.560. The van der Waals surface area contributed by atoms with Gasteiger partial charge in [-0.15, -0.1) is 11.8 Å². The number of aliphatic hydroxyl groups excluding tert-OH is 1. The quantitative estimate of drug-likeness (QED) is 0.752. The number of hydrogen-bond acceptors (Lipinski definition) is 4. The monoisotopic (exact) mass is 289 g/mol. The van der Waals surface area contributed by atoms with Crippen LogP contribution in [0.1, 0.15) is 20.3 Å². The highest BCUT2D eigenvalue weighted by molar-refractivity contribution is 8.00. The normalized spacial score (nSPS) is 13.5. The van der Waals surface area contributed by atoms with Crippen molar-refractivity contribution in [1.29, 1.82) is 0 Å². The molecule has 1 unspecified atom stereocenters. The first-order valence-corrected chi connectivity index (χ1v) is 8.23. The van der Waals surface area contributed by atoms with Crippen LogP contribution < -0.4 is 4.72 Å². The maximum atomic E-state index is 11.7. The molecule has 1 rings (SSSR count).